The van der Waals surface area contributed by atoms with Crippen molar-refractivity contribution in [2.24, 2.45) is 0 Å². The summed E-state index contributed by atoms with van der Waals surface area (Å²) < 4.78 is 18.3. The second-order valence-corrected chi connectivity index (χ2v) is 4.94. The first-order chi connectivity index (χ1) is 10.6. The largest absolute Gasteiger partial charge is 0.497 e. The third kappa shape index (κ3) is 4.48. The maximum absolute atomic E-state index is 13.2. The fourth-order valence-electron chi connectivity index (χ4n) is 2.01. The van der Waals surface area contributed by atoms with E-state index < -0.39 is 0 Å². The van der Waals surface area contributed by atoms with Crippen molar-refractivity contribution in [3.63, 3.8) is 0 Å². The zero-order chi connectivity index (χ0) is 15.9. The monoisotopic (exact) mass is 302 g/mol. The Morgan fingerprint density at radius 3 is 2.82 bits per heavy atom. The van der Waals surface area contributed by atoms with Gasteiger partial charge in [0.1, 0.15) is 11.6 Å². The van der Waals surface area contributed by atoms with E-state index in [4.69, 9.17) is 4.74 Å². The number of carbonyl (C=O) groups is 1. The number of aryl methyl sites for hydroxylation is 1. The van der Waals surface area contributed by atoms with Gasteiger partial charge in [-0.05, 0) is 42.3 Å². The molecular weight excluding hydrogens is 283 g/mol. The van der Waals surface area contributed by atoms with E-state index in [1.54, 1.807) is 13.2 Å². The highest BCUT2D eigenvalue weighted by atomic mass is 19.1. The topological polar surface area (TPSA) is 50.4 Å². The number of methoxy groups -OCH3 is 1. The zero-order valence-electron chi connectivity index (χ0n) is 12.7. The Bertz CT molecular complexity index is 659. The van der Waals surface area contributed by atoms with Gasteiger partial charge in [-0.15, -0.1) is 0 Å². The summed E-state index contributed by atoms with van der Waals surface area (Å²) in [6.45, 7) is 2.37. The van der Waals surface area contributed by atoms with E-state index in [-0.39, 0.29) is 18.3 Å². The third-order valence-electron chi connectivity index (χ3n) is 3.26. The van der Waals surface area contributed by atoms with Crippen LogP contribution in [0.15, 0.2) is 42.5 Å². The summed E-state index contributed by atoms with van der Waals surface area (Å²) in [5, 5.41) is 5.74. The Morgan fingerprint density at radius 2 is 2.05 bits per heavy atom. The van der Waals surface area contributed by atoms with Gasteiger partial charge in [0.25, 0.3) is 0 Å². The molecule has 116 valence electrons. The number of amides is 1. The van der Waals surface area contributed by atoms with Crippen molar-refractivity contribution in [1.82, 2.24) is 5.32 Å². The molecule has 2 N–H and O–H groups in total. The van der Waals surface area contributed by atoms with Crippen molar-refractivity contribution >= 4 is 11.6 Å². The molecule has 0 aromatic heterocycles. The van der Waals surface area contributed by atoms with E-state index in [1.807, 2.05) is 31.2 Å². The molecule has 0 radical (unpaired) electrons. The van der Waals surface area contributed by atoms with E-state index in [0.29, 0.717) is 12.2 Å². The Morgan fingerprint density at radius 1 is 1.23 bits per heavy atom. The summed E-state index contributed by atoms with van der Waals surface area (Å²) in [5.74, 6) is 0.261. The molecule has 0 aliphatic heterocycles. The van der Waals surface area contributed by atoms with E-state index in [1.165, 1.54) is 12.1 Å². The van der Waals surface area contributed by atoms with Gasteiger partial charge in [-0.2, -0.15) is 0 Å². The standard InChI is InChI=1S/C17H19FN2O2/c1-12-6-7-14(18)9-16(12)19-11-17(21)20-10-13-4-3-5-15(8-13)22-2/h3-9,19H,10-11H2,1-2H3,(H,20,21). The molecule has 0 heterocycles. The quantitative estimate of drug-likeness (QED) is 0.862. The van der Waals surface area contributed by atoms with E-state index in [0.717, 1.165) is 16.9 Å². The Labute approximate surface area is 129 Å². The first-order valence-corrected chi connectivity index (χ1v) is 6.98. The van der Waals surface area contributed by atoms with Gasteiger partial charge in [-0.1, -0.05) is 18.2 Å². The average Bonchev–Trinajstić information content (AvgIpc) is 2.54. The molecule has 1 amide bonds. The van der Waals surface area contributed by atoms with Gasteiger partial charge in [0.15, 0.2) is 0 Å². The van der Waals surface area contributed by atoms with Crippen LogP contribution < -0.4 is 15.4 Å². The summed E-state index contributed by atoms with van der Waals surface area (Å²) in [6, 6.07) is 11.9. The van der Waals surface area contributed by atoms with Gasteiger partial charge < -0.3 is 15.4 Å². The summed E-state index contributed by atoms with van der Waals surface area (Å²) >= 11 is 0. The molecule has 0 atom stereocenters. The molecule has 0 unspecified atom stereocenters. The van der Waals surface area contributed by atoms with Crippen LogP contribution >= 0.6 is 0 Å². The predicted molar refractivity (Wildman–Crippen MR) is 84.5 cm³/mol. The second kappa shape index (κ2) is 7.45. The minimum absolute atomic E-state index is 0.0915. The molecule has 0 fully saturated rings. The van der Waals surface area contributed by atoms with E-state index in [9.17, 15) is 9.18 Å². The zero-order valence-corrected chi connectivity index (χ0v) is 12.7. The van der Waals surface area contributed by atoms with Crippen molar-refractivity contribution in [3.8, 4) is 5.75 Å². The van der Waals surface area contributed by atoms with Crippen LogP contribution in [-0.4, -0.2) is 19.6 Å². The van der Waals surface area contributed by atoms with Crippen LogP contribution in [0.25, 0.3) is 0 Å². The molecule has 0 aliphatic carbocycles. The fraction of sp³-hybridized carbons (Fsp3) is 0.235. The lowest BCUT2D eigenvalue weighted by Crippen LogP contribution is -2.29. The van der Waals surface area contributed by atoms with Crippen LogP contribution in [0.2, 0.25) is 0 Å². The lowest BCUT2D eigenvalue weighted by molar-refractivity contribution is -0.119. The van der Waals surface area contributed by atoms with Gasteiger partial charge >= 0.3 is 0 Å². The Hall–Kier alpha value is -2.56. The normalized spacial score (nSPS) is 10.1. The van der Waals surface area contributed by atoms with Gasteiger partial charge in [0.05, 0.1) is 13.7 Å². The minimum Gasteiger partial charge on any atom is -0.497 e. The summed E-state index contributed by atoms with van der Waals surface area (Å²) in [6.07, 6.45) is 0. The average molecular weight is 302 g/mol. The van der Waals surface area contributed by atoms with Crippen LogP contribution in [0.4, 0.5) is 10.1 Å². The molecule has 0 saturated carbocycles. The van der Waals surface area contributed by atoms with E-state index >= 15 is 0 Å². The lowest BCUT2D eigenvalue weighted by atomic mass is 10.2. The van der Waals surface area contributed by atoms with Gasteiger partial charge in [0.2, 0.25) is 5.91 Å². The van der Waals surface area contributed by atoms with Crippen LogP contribution in [-0.2, 0) is 11.3 Å². The molecule has 0 saturated heterocycles. The molecule has 2 aromatic carbocycles. The number of ether oxygens (including phenoxy) is 1. The summed E-state index contributed by atoms with van der Waals surface area (Å²) in [5.41, 5.74) is 2.47. The van der Waals surface area contributed by atoms with Crippen LogP contribution in [0.3, 0.4) is 0 Å². The van der Waals surface area contributed by atoms with Crippen molar-refractivity contribution in [2.45, 2.75) is 13.5 Å². The first kappa shape index (κ1) is 15.8. The lowest BCUT2D eigenvalue weighted by Gasteiger charge is -2.10. The number of carbonyl (C=O) groups excluding carboxylic acids is 1. The number of benzene rings is 2. The van der Waals surface area contributed by atoms with E-state index in [2.05, 4.69) is 10.6 Å². The maximum atomic E-state index is 13.2. The van der Waals surface area contributed by atoms with Gasteiger partial charge in [-0.25, -0.2) is 4.39 Å². The molecule has 5 heteroatoms. The molecule has 4 nitrogen and oxygen atoms in total. The molecule has 2 rings (SSSR count). The molecule has 0 spiro atoms. The second-order valence-electron chi connectivity index (χ2n) is 4.94. The summed E-state index contributed by atoms with van der Waals surface area (Å²) in [7, 11) is 1.60. The van der Waals surface area contributed by atoms with Crippen molar-refractivity contribution in [3.05, 3.63) is 59.4 Å². The smallest absolute Gasteiger partial charge is 0.239 e. The van der Waals surface area contributed by atoms with Crippen molar-refractivity contribution < 1.29 is 13.9 Å². The number of hydrogen-bond acceptors (Lipinski definition) is 3. The van der Waals surface area contributed by atoms with Crippen molar-refractivity contribution in [1.29, 1.82) is 0 Å². The summed E-state index contributed by atoms with van der Waals surface area (Å²) in [4.78, 5) is 11.8. The molecule has 0 aliphatic rings. The van der Waals surface area contributed by atoms with Gasteiger partial charge in [-0.3, -0.25) is 4.79 Å². The third-order valence-corrected chi connectivity index (χ3v) is 3.26. The molecule has 0 bridgehead atoms. The SMILES string of the molecule is COc1cccc(CNC(=O)CNc2cc(F)ccc2C)c1. The van der Waals surface area contributed by atoms with Crippen molar-refractivity contribution in [2.75, 3.05) is 19.0 Å². The van der Waals surface area contributed by atoms with Crippen LogP contribution in [0.1, 0.15) is 11.1 Å². The number of halogens is 1. The number of hydrogen-bond donors (Lipinski definition) is 2. The molecule has 22 heavy (non-hydrogen) atoms. The molecular formula is C17H19FN2O2. The highest BCUT2D eigenvalue weighted by Crippen LogP contribution is 2.15. The van der Waals surface area contributed by atoms with Gasteiger partial charge in [0, 0.05) is 12.2 Å². The number of nitrogens with one attached hydrogen (secondary N) is 2. The first-order valence-electron chi connectivity index (χ1n) is 6.98. The Balaban J connectivity index is 1.84. The minimum atomic E-state index is -0.329. The highest BCUT2D eigenvalue weighted by molar-refractivity contribution is 5.80. The fourth-order valence-corrected chi connectivity index (χ4v) is 2.01. The Kier molecular flexibility index (Phi) is 5.36. The molecule has 2 aromatic rings. The number of rotatable bonds is 6. The number of anilines is 1. The maximum Gasteiger partial charge on any atom is 0.239 e. The highest BCUT2D eigenvalue weighted by Gasteiger charge is 2.04. The predicted octanol–water partition coefficient (Wildman–Crippen LogP) is 2.87. The van der Waals surface area contributed by atoms with Crippen LogP contribution in [0, 0.1) is 12.7 Å². The van der Waals surface area contributed by atoms with Crippen LogP contribution in [0.5, 0.6) is 5.75 Å².